The van der Waals surface area contributed by atoms with Gasteiger partial charge in [-0.1, -0.05) is 12.0 Å². The van der Waals surface area contributed by atoms with E-state index in [1.165, 1.54) is 24.3 Å². The minimum Gasteiger partial charge on any atom is -0.508 e. The summed E-state index contributed by atoms with van der Waals surface area (Å²) in [6.07, 6.45) is 7.41. The number of alkyl halides is 1. The number of likely N-dealkylation sites (N-methyl/N-ethyl adjacent to an activating group) is 1. The number of halogens is 3. The zero-order valence-electron chi connectivity index (χ0n) is 22.7. The van der Waals surface area contributed by atoms with Crippen LogP contribution >= 0.6 is 0 Å². The molecule has 4 aromatic rings. The van der Waals surface area contributed by atoms with E-state index < -0.39 is 23.3 Å². The number of rotatable bonds is 4. The second-order valence-corrected chi connectivity index (χ2v) is 11.7. The lowest BCUT2D eigenvalue weighted by Crippen LogP contribution is -2.43. The Labute approximate surface area is 239 Å². The molecule has 3 aliphatic heterocycles. The Morgan fingerprint density at radius 3 is 2.90 bits per heavy atom. The molecular formula is C31H26F3N5O3. The summed E-state index contributed by atoms with van der Waals surface area (Å²) in [6, 6.07) is 5.36. The molecule has 2 aromatic carbocycles. The molecule has 4 aliphatic rings. The third kappa shape index (κ3) is 3.64. The predicted octanol–water partition coefficient (Wildman–Crippen LogP) is 4.73. The summed E-state index contributed by atoms with van der Waals surface area (Å²) in [6.45, 7) is 1.36. The van der Waals surface area contributed by atoms with Crippen molar-refractivity contribution >= 4 is 27.5 Å². The van der Waals surface area contributed by atoms with Gasteiger partial charge in [0, 0.05) is 37.4 Å². The van der Waals surface area contributed by atoms with Crippen LogP contribution in [0.4, 0.5) is 19.0 Å². The molecule has 0 bridgehead atoms. The Hall–Kier alpha value is -4.30. The highest BCUT2D eigenvalue weighted by Gasteiger charge is 2.50. The van der Waals surface area contributed by atoms with Crippen molar-refractivity contribution in [2.75, 3.05) is 31.6 Å². The average molecular weight is 574 g/mol. The van der Waals surface area contributed by atoms with Crippen LogP contribution < -0.4 is 14.4 Å². The Morgan fingerprint density at radius 2 is 2.07 bits per heavy atom. The van der Waals surface area contributed by atoms with Gasteiger partial charge < -0.3 is 19.5 Å². The van der Waals surface area contributed by atoms with Crippen LogP contribution in [0.2, 0.25) is 0 Å². The first kappa shape index (κ1) is 25.4. The van der Waals surface area contributed by atoms with Crippen molar-refractivity contribution in [3.63, 3.8) is 0 Å². The normalized spacial score (nSPS) is 26.1. The Bertz CT molecular complexity index is 1860. The maximum absolute atomic E-state index is 16.7. The molecular weight excluding hydrogens is 547 g/mol. The lowest BCUT2D eigenvalue weighted by atomic mass is 9.95. The van der Waals surface area contributed by atoms with Crippen molar-refractivity contribution in [2.45, 2.75) is 49.5 Å². The molecule has 4 atom stereocenters. The first-order valence-corrected chi connectivity index (χ1v) is 14.0. The van der Waals surface area contributed by atoms with Crippen molar-refractivity contribution in [1.29, 1.82) is 0 Å². The summed E-state index contributed by atoms with van der Waals surface area (Å²) in [4.78, 5) is 17.8. The van der Waals surface area contributed by atoms with Crippen LogP contribution in [-0.4, -0.2) is 75.6 Å². The molecule has 3 fully saturated rings. The maximum atomic E-state index is 16.7. The summed E-state index contributed by atoms with van der Waals surface area (Å²) in [5, 5.41) is 11.5. The molecule has 0 radical (unpaired) electrons. The predicted molar refractivity (Wildman–Crippen MR) is 150 cm³/mol. The van der Waals surface area contributed by atoms with Crippen LogP contribution in [0.3, 0.4) is 0 Å². The van der Waals surface area contributed by atoms with Crippen molar-refractivity contribution in [3.8, 4) is 41.2 Å². The Balaban J connectivity index is 1.33. The molecule has 0 amide bonds. The monoisotopic (exact) mass is 573 g/mol. The van der Waals surface area contributed by atoms with E-state index in [9.17, 15) is 13.9 Å². The first-order chi connectivity index (χ1) is 20.3. The van der Waals surface area contributed by atoms with Gasteiger partial charge in [-0.2, -0.15) is 9.97 Å². The van der Waals surface area contributed by atoms with Crippen LogP contribution in [0.5, 0.6) is 17.6 Å². The molecule has 2 aromatic heterocycles. The summed E-state index contributed by atoms with van der Waals surface area (Å²) < 4.78 is 58.1. The quantitative estimate of drug-likeness (QED) is 0.351. The van der Waals surface area contributed by atoms with Gasteiger partial charge in [0.15, 0.2) is 5.82 Å². The zero-order chi connectivity index (χ0) is 28.9. The fourth-order valence-corrected chi connectivity index (χ4v) is 7.08. The van der Waals surface area contributed by atoms with Crippen LogP contribution in [0.15, 0.2) is 24.3 Å². The number of benzene rings is 2. The number of terminal acetylenes is 1. The van der Waals surface area contributed by atoms with E-state index in [2.05, 4.69) is 25.8 Å². The lowest BCUT2D eigenvalue weighted by Gasteiger charge is -2.31. The number of aromatic hydroxyl groups is 1. The van der Waals surface area contributed by atoms with Crippen molar-refractivity contribution in [3.05, 3.63) is 41.5 Å². The van der Waals surface area contributed by atoms with Crippen LogP contribution in [0.1, 0.15) is 31.2 Å². The van der Waals surface area contributed by atoms with E-state index in [0.717, 1.165) is 25.8 Å². The third-order valence-corrected chi connectivity index (χ3v) is 9.19. The highest BCUT2D eigenvalue weighted by molar-refractivity contribution is 6.04. The van der Waals surface area contributed by atoms with E-state index >= 15 is 4.39 Å². The number of hydrogen-bond acceptors (Lipinski definition) is 8. The number of anilines is 1. The van der Waals surface area contributed by atoms with E-state index in [0.29, 0.717) is 24.2 Å². The standard InChI is InChI=1S/C31H26F3N5O3/c1-3-18-20(33)6-5-15-9-17(40)10-19(23(15)18)26-25(34)27-24-28(38(2)21-11-22(21)42-29(24)35-26)37-30(36-27)41-14-31-7-4-8-39(31)13-16(32)12-31/h1,5-6,9-10,16,21-22,40H,4,7-8,11-14H2,2H3/t16-,21?,22?,31+/m1/s1. The fourth-order valence-electron chi connectivity index (χ4n) is 7.08. The minimum atomic E-state index is -0.922. The molecule has 11 heteroatoms. The molecule has 2 saturated heterocycles. The number of ether oxygens (including phenoxy) is 2. The molecule has 0 spiro atoms. The largest absolute Gasteiger partial charge is 0.508 e. The molecule has 1 saturated carbocycles. The van der Waals surface area contributed by atoms with Crippen LogP contribution in [0.25, 0.3) is 32.9 Å². The van der Waals surface area contributed by atoms with Crippen LogP contribution in [0, 0.1) is 24.0 Å². The van der Waals surface area contributed by atoms with Gasteiger partial charge in [-0.3, -0.25) is 4.90 Å². The van der Waals surface area contributed by atoms with Gasteiger partial charge in [-0.05, 0) is 43.0 Å². The number of fused-ring (bicyclic) bond motifs is 3. The summed E-state index contributed by atoms with van der Waals surface area (Å²) in [5.41, 5.74) is -0.702. The Morgan fingerprint density at radius 1 is 1.21 bits per heavy atom. The van der Waals surface area contributed by atoms with E-state index in [1.54, 1.807) is 0 Å². The number of phenols is 1. The number of pyridine rings is 1. The topological polar surface area (TPSA) is 83.8 Å². The average Bonchev–Trinajstić information content (AvgIpc) is 3.55. The highest BCUT2D eigenvalue weighted by atomic mass is 19.1. The van der Waals surface area contributed by atoms with Gasteiger partial charge >= 0.3 is 6.01 Å². The van der Waals surface area contributed by atoms with Gasteiger partial charge in [-0.15, -0.1) is 6.42 Å². The van der Waals surface area contributed by atoms with Crippen molar-refractivity contribution in [1.82, 2.24) is 19.9 Å². The molecule has 2 unspecified atom stereocenters. The van der Waals surface area contributed by atoms with E-state index in [4.69, 9.17) is 15.9 Å². The second-order valence-electron chi connectivity index (χ2n) is 11.7. The number of nitrogens with zero attached hydrogens (tertiary/aromatic N) is 5. The molecule has 8 nitrogen and oxygen atoms in total. The lowest BCUT2D eigenvalue weighted by molar-refractivity contribution is 0.107. The van der Waals surface area contributed by atoms with Gasteiger partial charge in [0.25, 0.3) is 0 Å². The maximum Gasteiger partial charge on any atom is 0.319 e. The van der Waals surface area contributed by atoms with Crippen molar-refractivity contribution in [2.24, 2.45) is 0 Å². The Kier molecular flexibility index (Phi) is 5.35. The van der Waals surface area contributed by atoms with Gasteiger partial charge in [0.1, 0.15) is 52.9 Å². The van der Waals surface area contributed by atoms with Crippen LogP contribution in [-0.2, 0) is 0 Å². The minimum absolute atomic E-state index is 0.00597. The SMILES string of the molecule is C#Cc1c(F)ccc2cc(O)cc(-c3nc4c5c(nc(OC[C@@]67CCCN6C[C@H](F)C7)nc5c3F)N(C)C3CC3O4)c12. The van der Waals surface area contributed by atoms with E-state index in [-0.39, 0.29) is 69.5 Å². The molecule has 42 heavy (non-hydrogen) atoms. The molecule has 1 aliphatic carbocycles. The smallest absolute Gasteiger partial charge is 0.319 e. The second kappa shape index (κ2) is 8.85. The number of aromatic nitrogens is 3. The molecule has 8 rings (SSSR count). The van der Waals surface area contributed by atoms with Gasteiger partial charge in [0.05, 0.1) is 17.1 Å². The number of hydrogen-bond donors (Lipinski definition) is 1. The van der Waals surface area contributed by atoms with E-state index in [1.807, 2.05) is 11.9 Å². The molecule has 1 N–H and O–H groups in total. The molecule has 214 valence electrons. The summed E-state index contributed by atoms with van der Waals surface area (Å²) >= 11 is 0. The highest BCUT2D eigenvalue weighted by Crippen LogP contribution is 2.47. The summed E-state index contributed by atoms with van der Waals surface area (Å²) in [7, 11) is 1.85. The third-order valence-electron chi connectivity index (χ3n) is 9.19. The molecule has 5 heterocycles. The fraction of sp³-hybridized carbons (Fsp3) is 0.387. The van der Waals surface area contributed by atoms with Gasteiger partial charge in [-0.25, -0.2) is 18.2 Å². The summed E-state index contributed by atoms with van der Waals surface area (Å²) in [5.74, 6) is 1.26. The van der Waals surface area contributed by atoms with Crippen molar-refractivity contribution < 1.29 is 27.8 Å². The first-order valence-electron chi connectivity index (χ1n) is 14.0. The number of phenolic OH excluding ortho intramolecular Hbond substituents is 1. The zero-order valence-corrected chi connectivity index (χ0v) is 22.7. The van der Waals surface area contributed by atoms with Gasteiger partial charge in [0.2, 0.25) is 5.88 Å².